The molecule has 1 heterocycles. The van der Waals surface area contributed by atoms with Gasteiger partial charge in [-0.25, -0.2) is 0 Å². The molecule has 1 aliphatic rings. The highest BCUT2D eigenvalue weighted by molar-refractivity contribution is 6.33. The molecule has 19 heavy (non-hydrogen) atoms. The number of aliphatic hydroxyl groups excluding tert-OH is 1. The van der Waals surface area contributed by atoms with Crippen molar-refractivity contribution in [2.75, 3.05) is 31.6 Å². The number of likely N-dealkylation sites (tertiary alicyclic amines) is 1. The topological polar surface area (TPSA) is 26.7 Å². The number of hydrogen-bond donors (Lipinski definition) is 1. The Morgan fingerprint density at radius 3 is 2.63 bits per heavy atom. The molecule has 1 aromatic carbocycles. The second-order valence-electron chi connectivity index (χ2n) is 5.18. The molecule has 3 nitrogen and oxygen atoms in total. The number of benzene rings is 1. The lowest BCUT2D eigenvalue weighted by molar-refractivity contribution is 0.220. The molecule has 0 radical (unpaired) electrons. The zero-order chi connectivity index (χ0) is 13.8. The lowest BCUT2D eigenvalue weighted by Crippen LogP contribution is -2.43. The van der Waals surface area contributed by atoms with Crippen LogP contribution in [0.4, 0.5) is 5.69 Å². The maximum Gasteiger partial charge on any atom is 0.0702 e. The van der Waals surface area contributed by atoms with Gasteiger partial charge in [0, 0.05) is 31.7 Å². The Morgan fingerprint density at radius 1 is 1.37 bits per heavy atom. The van der Waals surface area contributed by atoms with Gasteiger partial charge < -0.3 is 14.9 Å². The SMILES string of the molecule is CCN1CCC(N(C)c2c(Cl)cccc2CO)CC1. The predicted octanol–water partition coefficient (Wildman–Crippen LogP) is 2.75. The van der Waals surface area contributed by atoms with E-state index in [2.05, 4.69) is 23.8 Å². The summed E-state index contributed by atoms with van der Waals surface area (Å²) < 4.78 is 0. The van der Waals surface area contributed by atoms with Crippen LogP contribution in [0.25, 0.3) is 0 Å². The molecular weight excluding hydrogens is 260 g/mol. The smallest absolute Gasteiger partial charge is 0.0702 e. The van der Waals surface area contributed by atoms with Gasteiger partial charge in [0.15, 0.2) is 0 Å². The molecule has 0 bridgehead atoms. The Morgan fingerprint density at radius 2 is 2.05 bits per heavy atom. The van der Waals surface area contributed by atoms with E-state index < -0.39 is 0 Å². The molecule has 106 valence electrons. The predicted molar refractivity (Wildman–Crippen MR) is 80.9 cm³/mol. The van der Waals surface area contributed by atoms with Crippen LogP contribution in [0.2, 0.25) is 5.02 Å². The van der Waals surface area contributed by atoms with Gasteiger partial charge in [-0.05, 0) is 25.5 Å². The van der Waals surface area contributed by atoms with Gasteiger partial charge in [0.05, 0.1) is 17.3 Å². The van der Waals surface area contributed by atoms with Crippen LogP contribution in [-0.2, 0) is 6.61 Å². The van der Waals surface area contributed by atoms with E-state index in [0.717, 1.165) is 48.7 Å². The first kappa shape index (κ1) is 14.6. The van der Waals surface area contributed by atoms with Gasteiger partial charge in [-0.2, -0.15) is 0 Å². The van der Waals surface area contributed by atoms with Crippen LogP contribution < -0.4 is 4.90 Å². The first-order chi connectivity index (χ1) is 9.17. The number of piperidine rings is 1. The van der Waals surface area contributed by atoms with E-state index in [1.54, 1.807) is 0 Å². The number of anilines is 1. The molecule has 0 spiro atoms. The average Bonchev–Trinajstić information content (AvgIpc) is 2.46. The fourth-order valence-electron chi connectivity index (χ4n) is 2.89. The molecule has 2 rings (SSSR count). The van der Waals surface area contributed by atoms with Crippen molar-refractivity contribution in [1.29, 1.82) is 0 Å². The number of rotatable bonds is 4. The largest absolute Gasteiger partial charge is 0.392 e. The van der Waals surface area contributed by atoms with Gasteiger partial charge in [-0.1, -0.05) is 30.7 Å². The van der Waals surface area contributed by atoms with Crippen molar-refractivity contribution in [3.63, 3.8) is 0 Å². The van der Waals surface area contributed by atoms with E-state index in [-0.39, 0.29) is 6.61 Å². The zero-order valence-electron chi connectivity index (χ0n) is 11.8. The molecule has 1 saturated heterocycles. The fraction of sp³-hybridized carbons (Fsp3) is 0.600. The second kappa shape index (κ2) is 6.60. The quantitative estimate of drug-likeness (QED) is 0.920. The summed E-state index contributed by atoms with van der Waals surface area (Å²) in [6.45, 7) is 5.66. The van der Waals surface area contributed by atoms with E-state index in [9.17, 15) is 5.11 Å². The van der Waals surface area contributed by atoms with Crippen molar-refractivity contribution in [2.24, 2.45) is 0 Å². The molecule has 0 aliphatic carbocycles. The Hall–Kier alpha value is -0.770. The van der Waals surface area contributed by atoms with Crippen molar-refractivity contribution in [2.45, 2.75) is 32.4 Å². The molecule has 1 fully saturated rings. The minimum atomic E-state index is 0.0358. The first-order valence-electron chi connectivity index (χ1n) is 7.00. The summed E-state index contributed by atoms with van der Waals surface area (Å²) >= 11 is 6.32. The number of nitrogens with zero attached hydrogens (tertiary/aromatic N) is 2. The molecular formula is C15H23ClN2O. The molecule has 0 saturated carbocycles. The van der Waals surface area contributed by atoms with Gasteiger partial charge in [-0.15, -0.1) is 0 Å². The van der Waals surface area contributed by atoms with E-state index in [1.807, 2.05) is 18.2 Å². The number of halogens is 1. The highest BCUT2D eigenvalue weighted by Gasteiger charge is 2.24. The normalized spacial score (nSPS) is 17.7. The standard InChI is InChI=1S/C15H23ClN2O/c1-3-18-9-7-13(8-10-18)17(2)15-12(11-19)5-4-6-14(15)16/h4-6,13,19H,3,7-11H2,1-2H3. The summed E-state index contributed by atoms with van der Waals surface area (Å²) in [7, 11) is 2.09. The van der Waals surface area contributed by atoms with E-state index in [4.69, 9.17) is 11.6 Å². The van der Waals surface area contributed by atoms with Crippen LogP contribution in [-0.4, -0.2) is 42.7 Å². The Kier molecular flexibility index (Phi) is 5.08. The van der Waals surface area contributed by atoms with Crippen LogP contribution in [0, 0.1) is 0 Å². The molecule has 4 heteroatoms. The van der Waals surface area contributed by atoms with Crippen LogP contribution in [0.5, 0.6) is 0 Å². The zero-order valence-corrected chi connectivity index (χ0v) is 12.5. The summed E-state index contributed by atoms with van der Waals surface area (Å²) in [6, 6.07) is 6.24. The molecule has 1 aromatic rings. The minimum absolute atomic E-state index is 0.0358. The summed E-state index contributed by atoms with van der Waals surface area (Å²) in [5.74, 6) is 0. The molecule has 0 amide bonds. The Balaban J connectivity index is 2.14. The Bertz CT molecular complexity index is 417. The second-order valence-corrected chi connectivity index (χ2v) is 5.59. The number of para-hydroxylation sites is 1. The lowest BCUT2D eigenvalue weighted by atomic mass is 10.0. The summed E-state index contributed by atoms with van der Waals surface area (Å²) in [4.78, 5) is 4.73. The third-order valence-electron chi connectivity index (χ3n) is 4.15. The first-order valence-corrected chi connectivity index (χ1v) is 7.38. The molecule has 1 aliphatic heterocycles. The van der Waals surface area contributed by atoms with Gasteiger partial charge in [0.1, 0.15) is 0 Å². The highest BCUT2D eigenvalue weighted by atomic mass is 35.5. The van der Waals surface area contributed by atoms with Gasteiger partial charge >= 0.3 is 0 Å². The van der Waals surface area contributed by atoms with Crippen LogP contribution in [0.15, 0.2) is 18.2 Å². The number of aliphatic hydroxyl groups is 1. The summed E-state index contributed by atoms with van der Waals surface area (Å²) in [5, 5.41) is 10.2. The van der Waals surface area contributed by atoms with Crippen molar-refractivity contribution in [1.82, 2.24) is 4.90 Å². The average molecular weight is 283 g/mol. The van der Waals surface area contributed by atoms with Crippen LogP contribution in [0.3, 0.4) is 0 Å². The third-order valence-corrected chi connectivity index (χ3v) is 4.45. The van der Waals surface area contributed by atoms with Crippen LogP contribution in [0.1, 0.15) is 25.3 Å². The van der Waals surface area contributed by atoms with Gasteiger partial charge in [0.2, 0.25) is 0 Å². The summed E-state index contributed by atoms with van der Waals surface area (Å²) in [6.07, 6.45) is 2.31. The lowest BCUT2D eigenvalue weighted by Gasteiger charge is -2.38. The Labute approximate surface area is 120 Å². The molecule has 0 atom stereocenters. The maximum absolute atomic E-state index is 9.48. The van der Waals surface area contributed by atoms with Crippen molar-refractivity contribution in [3.05, 3.63) is 28.8 Å². The maximum atomic E-state index is 9.48. The van der Waals surface area contributed by atoms with Crippen molar-refractivity contribution < 1.29 is 5.11 Å². The fourth-order valence-corrected chi connectivity index (χ4v) is 3.22. The van der Waals surface area contributed by atoms with E-state index >= 15 is 0 Å². The molecule has 0 unspecified atom stereocenters. The molecule has 1 N–H and O–H groups in total. The van der Waals surface area contributed by atoms with Gasteiger partial charge in [-0.3, -0.25) is 0 Å². The van der Waals surface area contributed by atoms with E-state index in [0.29, 0.717) is 6.04 Å². The summed E-state index contributed by atoms with van der Waals surface area (Å²) in [5.41, 5.74) is 1.90. The molecule has 0 aromatic heterocycles. The minimum Gasteiger partial charge on any atom is -0.392 e. The van der Waals surface area contributed by atoms with Crippen molar-refractivity contribution in [3.8, 4) is 0 Å². The van der Waals surface area contributed by atoms with Gasteiger partial charge in [0.25, 0.3) is 0 Å². The number of hydrogen-bond acceptors (Lipinski definition) is 3. The van der Waals surface area contributed by atoms with Crippen LogP contribution >= 0.6 is 11.6 Å². The van der Waals surface area contributed by atoms with E-state index in [1.165, 1.54) is 0 Å². The third kappa shape index (κ3) is 3.22. The van der Waals surface area contributed by atoms with Crippen molar-refractivity contribution >= 4 is 17.3 Å². The highest BCUT2D eigenvalue weighted by Crippen LogP contribution is 2.32. The monoisotopic (exact) mass is 282 g/mol.